The van der Waals surface area contributed by atoms with E-state index in [0.717, 1.165) is 5.57 Å². The molecule has 1 amide bonds. The van der Waals surface area contributed by atoms with Crippen LogP contribution in [0.4, 0.5) is 4.79 Å². The average Bonchev–Trinajstić information content (AvgIpc) is 2.11. The Hall–Kier alpha value is -1.51. The molecule has 0 rings (SSSR count). The number of allylic oxidation sites excluding steroid dienone is 2. The van der Waals surface area contributed by atoms with Crippen LogP contribution in [0.15, 0.2) is 37.0 Å². The summed E-state index contributed by atoms with van der Waals surface area (Å²) in [6, 6.07) is 0. The summed E-state index contributed by atoms with van der Waals surface area (Å²) in [7, 11) is 1.68. The summed E-state index contributed by atoms with van der Waals surface area (Å²) in [4.78, 5) is 13.1. The highest BCUT2D eigenvalue weighted by molar-refractivity contribution is 5.68. The monoisotopic (exact) mass is 223 g/mol. The van der Waals surface area contributed by atoms with E-state index >= 15 is 0 Å². The number of hydrogen-bond donors (Lipinski definition) is 0. The summed E-state index contributed by atoms with van der Waals surface area (Å²) >= 11 is 0. The van der Waals surface area contributed by atoms with E-state index in [4.69, 9.17) is 4.74 Å². The molecule has 3 nitrogen and oxygen atoms in total. The van der Waals surface area contributed by atoms with Crippen molar-refractivity contribution in [3.05, 3.63) is 37.0 Å². The van der Waals surface area contributed by atoms with Gasteiger partial charge >= 0.3 is 6.09 Å². The van der Waals surface area contributed by atoms with Crippen molar-refractivity contribution in [2.24, 2.45) is 0 Å². The minimum atomic E-state index is -0.469. The molecule has 3 heteroatoms. The van der Waals surface area contributed by atoms with Crippen LogP contribution >= 0.6 is 0 Å². The van der Waals surface area contributed by atoms with Crippen LogP contribution in [0.1, 0.15) is 20.8 Å². The number of hydrogen-bond acceptors (Lipinski definition) is 2. The quantitative estimate of drug-likeness (QED) is 0.685. The Morgan fingerprint density at radius 2 is 2.00 bits per heavy atom. The fourth-order valence-electron chi connectivity index (χ4n) is 0.966. The molecule has 0 atom stereocenters. The normalized spacial score (nSPS) is 11.2. The lowest BCUT2D eigenvalue weighted by molar-refractivity contribution is 0.0315. The molecule has 0 aliphatic rings. The summed E-state index contributed by atoms with van der Waals surface area (Å²) in [5, 5.41) is 0. The van der Waals surface area contributed by atoms with Gasteiger partial charge in [0.15, 0.2) is 0 Å². The predicted octanol–water partition coefficient (Wildman–Crippen LogP) is 3.15. The van der Waals surface area contributed by atoms with Crippen molar-refractivity contribution in [2.45, 2.75) is 26.4 Å². The highest BCUT2D eigenvalue weighted by Gasteiger charge is 2.19. The van der Waals surface area contributed by atoms with Crippen LogP contribution < -0.4 is 0 Å². The van der Waals surface area contributed by atoms with Gasteiger partial charge in [0, 0.05) is 13.6 Å². The molecular formula is C13H21NO2. The smallest absolute Gasteiger partial charge is 0.410 e. The minimum absolute atomic E-state index is 0.347. The van der Waals surface area contributed by atoms with Gasteiger partial charge in [-0.3, -0.25) is 0 Å². The van der Waals surface area contributed by atoms with Crippen molar-refractivity contribution in [1.29, 1.82) is 0 Å². The van der Waals surface area contributed by atoms with Crippen LogP contribution in [0.2, 0.25) is 0 Å². The van der Waals surface area contributed by atoms with Crippen molar-refractivity contribution in [3.63, 3.8) is 0 Å². The molecule has 16 heavy (non-hydrogen) atoms. The molecule has 90 valence electrons. The second-order valence-corrected chi connectivity index (χ2v) is 4.59. The fraction of sp³-hybridized carbons (Fsp3) is 0.462. The van der Waals surface area contributed by atoms with Crippen LogP contribution in [-0.2, 0) is 4.74 Å². The molecule has 0 aromatic carbocycles. The second kappa shape index (κ2) is 6.16. The van der Waals surface area contributed by atoms with Crippen LogP contribution in [0.3, 0.4) is 0 Å². The molecule has 0 aromatic heterocycles. The van der Waals surface area contributed by atoms with E-state index in [1.165, 1.54) is 4.90 Å². The van der Waals surface area contributed by atoms with Gasteiger partial charge in [0.05, 0.1) is 0 Å². The van der Waals surface area contributed by atoms with Crippen molar-refractivity contribution < 1.29 is 9.53 Å². The van der Waals surface area contributed by atoms with Gasteiger partial charge in [-0.2, -0.15) is 0 Å². The molecule has 0 bridgehead atoms. The molecule has 0 spiro atoms. The molecule has 0 heterocycles. The van der Waals surface area contributed by atoms with E-state index in [1.807, 2.05) is 26.8 Å². The van der Waals surface area contributed by atoms with Gasteiger partial charge in [-0.15, -0.1) is 0 Å². The van der Waals surface area contributed by atoms with E-state index in [1.54, 1.807) is 19.2 Å². The molecule has 0 aliphatic heterocycles. The number of carbonyl (C=O) groups excluding carboxylic acids is 1. The first-order valence-corrected chi connectivity index (χ1v) is 5.17. The van der Waals surface area contributed by atoms with Crippen LogP contribution in [0.25, 0.3) is 0 Å². The van der Waals surface area contributed by atoms with Crippen molar-refractivity contribution in [2.75, 3.05) is 13.6 Å². The summed E-state index contributed by atoms with van der Waals surface area (Å²) in [6.45, 7) is 13.3. The Morgan fingerprint density at radius 3 is 2.44 bits per heavy atom. The number of carbonyl (C=O) groups is 1. The first-order valence-electron chi connectivity index (χ1n) is 5.17. The maximum atomic E-state index is 11.6. The van der Waals surface area contributed by atoms with Gasteiger partial charge in [0.1, 0.15) is 5.60 Å². The summed E-state index contributed by atoms with van der Waals surface area (Å²) in [5.74, 6) is 0. The van der Waals surface area contributed by atoms with Gasteiger partial charge in [0.2, 0.25) is 0 Å². The molecule has 0 aromatic rings. The van der Waals surface area contributed by atoms with Crippen LogP contribution in [-0.4, -0.2) is 30.2 Å². The van der Waals surface area contributed by atoms with Gasteiger partial charge < -0.3 is 9.64 Å². The zero-order valence-electron chi connectivity index (χ0n) is 10.6. The maximum Gasteiger partial charge on any atom is 0.410 e. The summed E-state index contributed by atoms with van der Waals surface area (Å²) in [6.07, 6.45) is 4.92. The fourth-order valence-corrected chi connectivity index (χ4v) is 0.966. The summed E-state index contributed by atoms with van der Waals surface area (Å²) < 4.78 is 5.21. The number of ether oxygens (including phenoxy) is 1. The maximum absolute atomic E-state index is 11.6. The third-order valence-electron chi connectivity index (χ3n) is 1.61. The first kappa shape index (κ1) is 14.5. The van der Waals surface area contributed by atoms with E-state index in [9.17, 15) is 4.79 Å². The Labute approximate surface area is 98.1 Å². The molecule has 0 radical (unpaired) electrons. The number of amides is 1. The molecule has 0 fully saturated rings. The third-order valence-corrected chi connectivity index (χ3v) is 1.61. The van der Waals surface area contributed by atoms with E-state index in [2.05, 4.69) is 13.2 Å². The molecule has 0 aliphatic carbocycles. The Kier molecular flexibility index (Phi) is 5.57. The minimum Gasteiger partial charge on any atom is -0.444 e. The lowest BCUT2D eigenvalue weighted by Crippen LogP contribution is -2.35. The lowest BCUT2D eigenvalue weighted by atomic mass is 10.2. The zero-order valence-corrected chi connectivity index (χ0v) is 10.6. The predicted molar refractivity (Wildman–Crippen MR) is 67.3 cm³/mol. The van der Waals surface area contributed by atoms with Crippen LogP contribution in [0, 0.1) is 0 Å². The van der Waals surface area contributed by atoms with Crippen molar-refractivity contribution >= 4 is 6.09 Å². The average molecular weight is 223 g/mol. The van der Waals surface area contributed by atoms with Gasteiger partial charge in [-0.05, 0) is 26.3 Å². The number of rotatable bonds is 4. The molecule has 0 saturated heterocycles. The lowest BCUT2D eigenvalue weighted by Gasteiger charge is -2.24. The Morgan fingerprint density at radius 1 is 1.44 bits per heavy atom. The van der Waals surface area contributed by atoms with E-state index in [0.29, 0.717) is 6.54 Å². The molecule has 0 saturated carbocycles. The van der Waals surface area contributed by atoms with Crippen molar-refractivity contribution in [3.8, 4) is 0 Å². The second-order valence-electron chi connectivity index (χ2n) is 4.59. The third kappa shape index (κ3) is 6.87. The van der Waals surface area contributed by atoms with Gasteiger partial charge in [-0.25, -0.2) is 4.79 Å². The Balaban J connectivity index is 4.20. The summed E-state index contributed by atoms with van der Waals surface area (Å²) in [5.41, 5.74) is 0.358. The number of likely N-dealkylation sites (N-methyl/N-ethyl adjacent to an activating group) is 1. The molecular weight excluding hydrogens is 202 g/mol. The zero-order chi connectivity index (χ0) is 12.8. The van der Waals surface area contributed by atoms with Gasteiger partial charge in [-0.1, -0.05) is 31.4 Å². The topological polar surface area (TPSA) is 29.5 Å². The van der Waals surface area contributed by atoms with Crippen molar-refractivity contribution in [1.82, 2.24) is 4.90 Å². The molecule has 0 N–H and O–H groups in total. The van der Waals surface area contributed by atoms with Crippen LogP contribution in [0.5, 0.6) is 0 Å². The van der Waals surface area contributed by atoms with E-state index < -0.39 is 5.60 Å². The highest BCUT2D eigenvalue weighted by atomic mass is 16.6. The SMILES string of the molecule is C=C/C=C\C(=C)CN(C)C(=O)OC(C)(C)C. The first-order chi connectivity index (χ1) is 7.26. The standard InChI is InChI=1S/C13H21NO2/c1-7-8-9-11(2)10-14(6)12(15)16-13(3,4)5/h7-9H,1-2,10H2,3-6H3/b9-8-. The number of nitrogens with zero attached hydrogens (tertiary/aromatic N) is 1. The highest BCUT2D eigenvalue weighted by Crippen LogP contribution is 2.09. The largest absolute Gasteiger partial charge is 0.444 e. The molecule has 0 unspecified atom stereocenters. The Bertz CT molecular complexity index is 298. The van der Waals surface area contributed by atoms with E-state index in [-0.39, 0.29) is 6.09 Å². The van der Waals surface area contributed by atoms with Gasteiger partial charge in [0.25, 0.3) is 0 Å².